The standard InChI is InChI=1S/C25H17N4OS3.CH4O4S/c1-27-17-7-3-5-9-19(17)31-21(27)13-16-12-11-15(14-26)24-29(16)23(30)22(33-24)25-28(2)18-8-4-6-10-20(18)32-25;1-5-6(2,3)4/h3-13H,1-2H3;1H3,(H,2,3,4)/q+1;/p-1/b25-22-;. The molecule has 1 aliphatic rings. The van der Waals surface area contributed by atoms with Crippen molar-refractivity contribution in [3.05, 3.63) is 91.5 Å². The maximum absolute atomic E-state index is 13.7. The van der Waals surface area contributed by atoms with Crippen LogP contribution in [0, 0.1) is 11.3 Å². The molecule has 9 nitrogen and oxygen atoms in total. The second-order valence-electron chi connectivity index (χ2n) is 8.28. The van der Waals surface area contributed by atoms with E-state index in [1.165, 1.54) is 16.0 Å². The van der Waals surface area contributed by atoms with E-state index in [9.17, 15) is 23.0 Å². The number of anilines is 1. The van der Waals surface area contributed by atoms with E-state index < -0.39 is 10.4 Å². The van der Waals surface area contributed by atoms with Crippen LogP contribution >= 0.6 is 34.4 Å². The van der Waals surface area contributed by atoms with Crippen molar-refractivity contribution in [2.24, 2.45) is 7.05 Å². The van der Waals surface area contributed by atoms with Gasteiger partial charge in [-0.1, -0.05) is 47.4 Å². The molecule has 0 bridgehead atoms. The van der Waals surface area contributed by atoms with Crippen LogP contribution in [0.3, 0.4) is 0 Å². The number of rotatable bonds is 2. The summed E-state index contributed by atoms with van der Waals surface area (Å²) in [5.74, 6) is 0. The number of fused-ring (bicyclic) bond motifs is 3. The molecule has 0 saturated heterocycles. The molecule has 0 saturated carbocycles. The van der Waals surface area contributed by atoms with Gasteiger partial charge in [-0.3, -0.25) is 13.4 Å². The summed E-state index contributed by atoms with van der Waals surface area (Å²) in [4.78, 5) is 17.6. The molecule has 3 aromatic heterocycles. The van der Waals surface area contributed by atoms with Gasteiger partial charge in [0.25, 0.3) is 10.6 Å². The Hall–Kier alpha value is -3.51. The van der Waals surface area contributed by atoms with Crippen molar-refractivity contribution in [3.8, 4) is 6.07 Å². The van der Waals surface area contributed by atoms with Gasteiger partial charge in [-0.05, 0) is 30.3 Å². The Morgan fingerprint density at radius 2 is 1.77 bits per heavy atom. The van der Waals surface area contributed by atoms with E-state index in [1.807, 2.05) is 50.5 Å². The van der Waals surface area contributed by atoms with Crippen molar-refractivity contribution < 1.29 is 21.7 Å². The topological polar surface area (TPSA) is 119 Å². The summed E-state index contributed by atoms with van der Waals surface area (Å²) in [6.07, 6.45) is 2.03. The van der Waals surface area contributed by atoms with Crippen LogP contribution < -0.4 is 24.9 Å². The first-order chi connectivity index (χ1) is 18.6. The number of para-hydroxylation sites is 2. The minimum atomic E-state index is -4.41. The Bertz CT molecular complexity index is 2090. The summed E-state index contributed by atoms with van der Waals surface area (Å²) < 4.78 is 36.7. The van der Waals surface area contributed by atoms with Crippen LogP contribution in [-0.2, 0) is 21.6 Å². The number of benzene rings is 2. The molecule has 1 aliphatic heterocycles. The van der Waals surface area contributed by atoms with Crippen LogP contribution in [0.5, 0.6) is 0 Å². The third kappa shape index (κ3) is 5.10. The predicted molar refractivity (Wildman–Crippen MR) is 153 cm³/mol. The lowest BCUT2D eigenvalue weighted by Crippen LogP contribution is -2.35. The number of nitrogens with zero attached hydrogens (tertiary/aromatic N) is 4. The number of nitriles is 1. The average molecular weight is 597 g/mol. The number of thioether (sulfide) groups is 1. The van der Waals surface area contributed by atoms with Gasteiger partial charge < -0.3 is 9.45 Å². The lowest BCUT2D eigenvalue weighted by molar-refractivity contribution is -0.642. The Balaban J connectivity index is 0.000000465. The fraction of sp³-hybridized carbons (Fsp3) is 0.115. The van der Waals surface area contributed by atoms with E-state index in [0.717, 1.165) is 38.6 Å². The van der Waals surface area contributed by atoms with Gasteiger partial charge in [0, 0.05) is 24.1 Å². The molecule has 198 valence electrons. The van der Waals surface area contributed by atoms with Crippen LogP contribution in [-0.4, -0.2) is 31.5 Å². The number of hydrogen-bond donors (Lipinski definition) is 0. The first-order valence-corrected chi connectivity index (χ1v) is 15.1. The Kier molecular flexibility index (Phi) is 7.34. The maximum atomic E-state index is 13.7. The van der Waals surface area contributed by atoms with Crippen molar-refractivity contribution in [2.45, 2.75) is 4.90 Å². The van der Waals surface area contributed by atoms with E-state index in [1.54, 1.807) is 33.6 Å². The van der Waals surface area contributed by atoms with Crippen molar-refractivity contribution >= 4 is 76.7 Å². The lowest BCUT2D eigenvalue weighted by Gasteiger charge is -2.11. The zero-order valence-corrected chi connectivity index (χ0v) is 24.1. The molecular formula is C26H20N4O5S4. The molecule has 0 atom stereocenters. The van der Waals surface area contributed by atoms with Gasteiger partial charge in [-0.2, -0.15) is 9.83 Å². The van der Waals surface area contributed by atoms with Gasteiger partial charge in [-0.15, -0.1) is 11.3 Å². The predicted octanol–water partition coefficient (Wildman–Crippen LogP) is 2.50. The minimum absolute atomic E-state index is 0.0933. The highest BCUT2D eigenvalue weighted by Gasteiger charge is 2.25. The molecule has 0 unspecified atom stereocenters. The van der Waals surface area contributed by atoms with E-state index in [-0.39, 0.29) is 5.56 Å². The molecule has 6 rings (SSSR count). The summed E-state index contributed by atoms with van der Waals surface area (Å²) in [6.45, 7) is 0. The van der Waals surface area contributed by atoms with Gasteiger partial charge in [0.1, 0.15) is 32.2 Å². The fourth-order valence-electron chi connectivity index (χ4n) is 4.11. The van der Waals surface area contributed by atoms with Crippen LogP contribution in [0.4, 0.5) is 5.69 Å². The van der Waals surface area contributed by atoms with Crippen LogP contribution in [0.1, 0.15) is 10.6 Å². The molecule has 0 aliphatic carbocycles. The lowest BCUT2D eigenvalue weighted by atomic mass is 10.3. The maximum Gasteiger partial charge on any atom is 0.276 e. The number of thiazole rings is 2. The van der Waals surface area contributed by atoms with Crippen molar-refractivity contribution in [1.29, 1.82) is 5.26 Å². The molecule has 2 aromatic carbocycles. The molecule has 0 amide bonds. The Morgan fingerprint density at radius 3 is 2.44 bits per heavy atom. The quantitative estimate of drug-likeness (QED) is 0.173. The van der Waals surface area contributed by atoms with Crippen molar-refractivity contribution in [2.75, 3.05) is 19.1 Å². The zero-order chi connectivity index (χ0) is 27.9. The highest BCUT2D eigenvalue weighted by atomic mass is 32.3. The third-order valence-electron chi connectivity index (χ3n) is 6.01. The SMILES string of the molecule is CN1/C(=c2/sc3c(C#N)cc/c(=C\c4sc5ccccc5[n+]4C)n3c2=O)Sc2ccccc21.COS(=O)(=O)[O-]. The highest BCUT2D eigenvalue weighted by Crippen LogP contribution is 2.45. The molecule has 0 spiro atoms. The normalized spacial score (nSPS) is 14.8. The molecule has 39 heavy (non-hydrogen) atoms. The van der Waals surface area contributed by atoms with Crippen LogP contribution in [0.2, 0.25) is 0 Å². The van der Waals surface area contributed by atoms with E-state index in [4.69, 9.17) is 0 Å². The summed E-state index contributed by atoms with van der Waals surface area (Å²) in [5.41, 5.74) is 2.65. The second-order valence-corrected chi connectivity index (χ2v) is 12.5. The molecule has 13 heteroatoms. The summed E-state index contributed by atoms with van der Waals surface area (Å²) >= 11 is 4.67. The van der Waals surface area contributed by atoms with Gasteiger partial charge >= 0.3 is 0 Å². The minimum Gasteiger partial charge on any atom is -0.726 e. The monoisotopic (exact) mass is 596 g/mol. The molecule has 0 N–H and O–H groups in total. The number of pyridine rings is 1. The summed E-state index contributed by atoms with van der Waals surface area (Å²) in [7, 11) is 0.412. The fourth-order valence-corrected chi connectivity index (χ4v) is 7.64. The Morgan fingerprint density at radius 1 is 1.08 bits per heavy atom. The van der Waals surface area contributed by atoms with Crippen molar-refractivity contribution in [1.82, 2.24) is 4.40 Å². The van der Waals surface area contributed by atoms with Gasteiger partial charge in [0.05, 0.1) is 23.7 Å². The largest absolute Gasteiger partial charge is 0.726 e. The molecular weight excluding hydrogens is 577 g/mol. The molecule has 4 heterocycles. The van der Waals surface area contributed by atoms with Crippen LogP contribution in [0.25, 0.3) is 26.2 Å². The van der Waals surface area contributed by atoms with E-state index in [2.05, 4.69) is 44.0 Å². The number of hydrogen-bond acceptors (Lipinski definition) is 10. The number of aromatic nitrogens is 2. The first-order valence-electron chi connectivity index (χ1n) is 11.3. The highest BCUT2D eigenvalue weighted by molar-refractivity contribution is 8.08. The molecule has 0 fully saturated rings. The van der Waals surface area contributed by atoms with Crippen LogP contribution in [0.15, 0.2) is 70.4 Å². The van der Waals surface area contributed by atoms with Gasteiger partial charge in [0.2, 0.25) is 15.9 Å². The van der Waals surface area contributed by atoms with E-state index >= 15 is 0 Å². The molecule has 0 radical (unpaired) electrons. The van der Waals surface area contributed by atoms with E-state index in [0.29, 0.717) is 14.9 Å². The van der Waals surface area contributed by atoms with Crippen molar-refractivity contribution in [3.63, 3.8) is 0 Å². The first kappa shape index (κ1) is 27.1. The zero-order valence-electron chi connectivity index (χ0n) is 20.8. The second kappa shape index (κ2) is 10.6. The van der Waals surface area contributed by atoms with Gasteiger partial charge in [0.15, 0.2) is 0 Å². The number of aryl methyl sites for hydroxylation is 1. The summed E-state index contributed by atoms with van der Waals surface area (Å²) in [6, 6.07) is 22.3. The Labute approximate surface area is 235 Å². The smallest absolute Gasteiger partial charge is 0.276 e. The average Bonchev–Trinajstić information content (AvgIpc) is 3.56. The molecule has 5 aromatic rings. The summed E-state index contributed by atoms with van der Waals surface area (Å²) in [5, 5.41) is 12.4. The third-order valence-corrected chi connectivity index (χ3v) is 10.1. The van der Waals surface area contributed by atoms with Gasteiger partial charge in [-0.25, -0.2) is 8.42 Å².